The number of benzene rings is 2. The van der Waals surface area contributed by atoms with Crippen LogP contribution in [0.4, 0.5) is 0 Å². The van der Waals surface area contributed by atoms with Crippen LogP contribution in [0.2, 0.25) is 5.02 Å². The molecule has 3 aromatic rings. The van der Waals surface area contributed by atoms with Crippen molar-refractivity contribution in [1.29, 1.82) is 0 Å². The van der Waals surface area contributed by atoms with Crippen molar-refractivity contribution >= 4 is 55.0 Å². The number of halogens is 1. The maximum Gasteiger partial charge on any atom is 1.00 e. The van der Waals surface area contributed by atoms with E-state index >= 15 is 0 Å². The smallest absolute Gasteiger partial charge is 0.858 e. The topological polar surface area (TPSA) is 69.6 Å². The van der Waals surface area contributed by atoms with Crippen LogP contribution in [0.3, 0.4) is 0 Å². The number of nitrogens with zero attached hydrogens (tertiary/aromatic N) is 1. The van der Waals surface area contributed by atoms with Gasteiger partial charge in [-0.2, -0.15) is 12.8 Å². The van der Waals surface area contributed by atoms with Crippen molar-refractivity contribution < 1.29 is 43.1 Å². The number of thiophene rings is 1. The third-order valence-corrected chi connectivity index (χ3v) is 5.68. The first kappa shape index (κ1) is 21.2. The van der Waals surface area contributed by atoms with Gasteiger partial charge in [-0.1, -0.05) is 35.9 Å². The van der Waals surface area contributed by atoms with Crippen LogP contribution in [-0.2, 0) is 10.0 Å². The van der Waals surface area contributed by atoms with Crippen LogP contribution in [0, 0.1) is 6.92 Å². The monoisotopic (exact) mass is 413 g/mol. The normalized spacial score (nSPS) is 12.5. The Hall–Kier alpha value is -1.15. The van der Waals surface area contributed by atoms with Gasteiger partial charge in [0.25, 0.3) is 10.0 Å². The predicted molar refractivity (Wildman–Crippen MR) is 103 cm³/mol. The summed E-state index contributed by atoms with van der Waals surface area (Å²) in [5, 5.41) is 16.4. The zero-order valence-electron chi connectivity index (χ0n) is 14.1. The first-order valence-corrected chi connectivity index (χ1v) is 10.0. The molecule has 0 fully saturated rings. The molecule has 0 bridgehead atoms. The molecular formula is C18H13ClNNaO3S2. The molecule has 26 heavy (non-hydrogen) atoms. The van der Waals surface area contributed by atoms with Crippen molar-refractivity contribution in [3.05, 3.63) is 75.0 Å². The van der Waals surface area contributed by atoms with Crippen molar-refractivity contribution in [3.8, 4) is 0 Å². The van der Waals surface area contributed by atoms with Gasteiger partial charge in [-0.3, -0.25) is 0 Å². The minimum Gasteiger partial charge on any atom is -0.858 e. The summed E-state index contributed by atoms with van der Waals surface area (Å²) >= 11 is 7.36. The fraction of sp³-hybridized carbons (Fsp3) is 0.0556. The maximum absolute atomic E-state index is 12.1. The third-order valence-electron chi connectivity index (χ3n) is 3.56. The summed E-state index contributed by atoms with van der Waals surface area (Å²) in [7, 11) is -4.03. The van der Waals surface area contributed by atoms with E-state index in [1.165, 1.54) is 29.5 Å². The molecule has 0 spiro atoms. The Labute approximate surface area is 183 Å². The summed E-state index contributed by atoms with van der Waals surface area (Å²) in [6, 6.07) is 12.3. The molecule has 4 nitrogen and oxygen atoms in total. The largest absolute Gasteiger partial charge is 1.00 e. The summed E-state index contributed by atoms with van der Waals surface area (Å²) in [5.74, 6) is -0.811. The van der Waals surface area contributed by atoms with Crippen molar-refractivity contribution in [3.63, 3.8) is 0 Å². The van der Waals surface area contributed by atoms with E-state index in [2.05, 4.69) is 4.40 Å². The minimum absolute atomic E-state index is 0. The van der Waals surface area contributed by atoms with Gasteiger partial charge in [0.1, 0.15) is 0 Å². The van der Waals surface area contributed by atoms with E-state index in [0.717, 1.165) is 21.1 Å². The third kappa shape index (κ3) is 4.97. The molecule has 0 saturated carbocycles. The fourth-order valence-electron chi connectivity index (χ4n) is 2.35. The molecule has 0 unspecified atom stereocenters. The molecule has 0 amide bonds. The van der Waals surface area contributed by atoms with Crippen LogP contribution in [0.15, 0.2) is 57.7 Å². The van der Waals surface area contributed by atoms with E-state index in [9.17, 15) is 13.5 Å². The van der Waals surface area contributed by atoms with Gasteiger partial charge < -0.3 is 5.11 Å². The van der Waals surface area contributed by atoms with Gasteiger partial charge in [-0.05, 0) is 58.7 Å². The summed E-state index contributed by atoms with van der Waals surface area (Å²) in [5.41, 5.74) is 1.56. The molecule has 2 aromatic carbocycles. The zero-order valence-corrected chi connectivity index (χ0v) is 18.5. The number of sulfonamides is 1. The van der Waals surface area contributed by atoms with E-state index in [0.29, 0.717) is 10.6 Å². The molecule has 128 valence electrons. The van der Waals surface area contributed by atoms with E-state index in [1.807, 2.05) is 29.6 Å². The second-order valence-corrected chi connectivity index (χ2v) is 8.19. The average molecular weight is 414 g/mol. The molecule has 0 atom stereocenters. The standard InChI is InChI=1S/C18H14ClNO3S2.Na/c1-12-10-14(19)6-7-15(12)18(21)20-25(22,23)9-8-13-11-24-17-5-3-2-4-16(13)17;/h2-11H,1H3,(H,20,21);/q;+1/p-1/b9-8+;. The van der Waals surface area contributed by atoms with Gasteiger partial charge in [0.2, 0.25) is 0 Å². The summed E-state index contributed by atoms with van der Waals surface area (Å²) in [4.78, 5) is 0. The number of hydrogen-bond acceptors (Lipinski definition) is 4. The van der Waals surface area contributed by atoms with E-state index in [4.69, 9.17) is 11.6 Å². The van der Waals surface area contributed by atoms with Gasteiger partial charge in [-0.25, -0.2) is 0 Å². The Kier molecular flexibility index (Phi) is 7.07. The number of rotatable bonds is 4. The Bertz CT molecular complexity index is 1100. The Morgan fingerprint density at radius 2 is 1.96 bits per heavy atom. The molecule has 0 aliphatic rings. The zero-order chi connectivity index (χ0) is 18.0. The van der Waals surface area contributed by atoms with Crippen LogP contribution >= 0.6 is 22.9 Å². The predicted octanol–water partition coefficient (Wildman–Crippen LogP) is 0.975. The van der Waals surface area contributed by atoms with E-state index in [-0.39, 0.29) is 35.1 Å². The van der Waals surface area contributed by atoms with E-state index in [1.54, 1.807) is 13.0 Å². The molecule has 0 radical (unpaired) electrons. The molecule has 0 aliphatic heterocycles. The van der Waals surface area contributed by atoms with Gasteiger partial charge in [0.05, 0.1) is 5.41 Å². The molecule has 0 aliphatic carbocycles. The first-order valence-electron chi connectivity index (χ1n) is 7.28. The van der Waals surface area contributed by atoms with E-state index < -0.39 is 15.9 Å². The van der Waals surface area contributed by atoms with Gasteiger partial charge in [0, 0.05) is 15.6 Å². The Morgan fingerprint density at radius 1 is 1.23 bits per heavy atom. The van der Waals surface area contributed by atoms with Crippen molar-refractivity contribution in [2.45, 2.75) is 6.92 Å². The molecule has 8 heteroatoms. The van der Waals surface area contributed by atoms with Crippen molar-refractivity contribution in [2.75, 3.05) is 0 Å². The van der Waals surface area contributed by atoms with Crippen LogP contribution < -0.4 is 34.7 Å². The van der Waals surface area contributed by atoms with Crippen LogP contribution in [0.1, 0.15) is 16.7 Å². The SMILES string of the molecule is Cc1cc(Cl)ccc1/C([O-])=N/S(=O)(=O)/C=C/c1csc2ccccc12.[Na+]. The average Bonchev–Trinajstić information content (AvgIpc) is 2.95. The van der Waals surface area contributed by atoms with Gasteiger partial charge >= 0.3 is 29.6 Å². The fourth-order valence-corrected chi connectivity index (χ4v) is 4.21. The number of aryl methyl sites for hydroxylation is 1. The van der Waals surface area contributed by atoms with Crippen LogP contribution in [-0.4, -0.2) is 14.3 Å². The summed E-state index contributed by atoms with van der Waals surface area (Å²) in [6.45, 7) is 1.68. The van der Waals surface area contributed by atoms with Crippen LogP contribution in [0.5, 0.6) is 0 Å². The molecule has 3 rings (SSSR count). The number of fused-ring (bicyclic) bond motifs is 1. The second-order valence-electron chi connectivity index (χ2n) is 5.36. The Morgan fingerprint density at radius 3 is 2.69 bits per heavy atom. The molecule has 1 aromatic heterocycles. The molecular weight excluding hydrogens is 401 g/mol. The first-order chi connectivity index (χ1) is 11.9. The van der Waals surface area contributed by atoms with Crippen molar-refractivity contribution in [1.82, 2.24) is 0 Å². The summed E-state index contributed by atoms with van der Waals surface area (Å²) < 4.78 is 28.7. The van der Waals surface area contributed by atoms with Crippen LogP contribution in [0.25, 0.3) is 16.2 Å². The second kappa shape index (κ2) is 8.69. The Balaban J connectivity index is 0.00000243. The molecule has 1 heterocycles. The molecule has 0 saturated heterocycles. The summed E-state index contributed by atoms with van der Waals surface area (Å²) in [6.07, 6.45) is 1.46. The number of hydrogen-bond donors (Lipinski definition) is 0. The van der Waals surface area contributed by atoms with Gasteiger partial charge in [-0.15, -0.1) is 11.3 Å². The minimum atomic E-state index is -4.03. The molecule has 0 N–H and O–H groups in total. The van der Waals surface area contributed by atoms with Crippen molar-refractivity contribution in [2.24, 2.45) is 4.40 Å². The quantitative estimate of drug-likeness (QED) is 0.363. The van der Waals surface area contributed by atoms with Gasteiger partial charge in [0.15, 0.2) is 0 Å². The maximum atomic E-state index is 12.1.